The van der Waals surface area contributed by atoms with Crippen LogP contribution >= 0.6 is 15.9 Å². The maximum Gasteiger partial charge on any atom is 0.251 e. The normalized spacial score (nSPS) is 10.3. The van der Waals surface area contributed by atoms with Gasteiger partial charge in [-0.15, -0.1) is 0 Å². The first-order chi connectivity index (χ1) is 13.4. The number of carbonyl (C=O) groups is 2. The molecule has 7 heteroatoms. The zero-order valence-corrected chi connectivity index (χ0v) is 17.9. The van der Waals surface area contributed by atoms with Crippen LogP contribution in [0.3, 0.4) is 0 Å². The quantitative estimate of drug-likeness (QED) is 0.635. The van der Waals surface area contributed by atoms with E-state index < -0.39 is 0 Å². The molecule has 150 valence electrons. The number of carbonyl (C=O) groups excluding carboxylic acids is 2. The van der Waals surface area contributed by atoms with Crippen molar-refractivity contribution in [2.45, 2.75) is 20.4 Å². The zero-order chi connectivity index (χ0) is 20.5. The van der Waals surface area contributed by atoms with Crippen molar-refractivity contribution in [3.63, 3.8) is 0 Å². The highest BCUT2D eigenvalue weighted by Gasteiger charge is 2.14. The van der Waals surface area contributed by atoms with E-state index in [1.807, 2.05) is 38.1 Å². The first-order valence-corrected chi connectivity index (χ1v) is 9.90. The van der Waals surface area contributed by atoms with Crippen LogP contribution in [-0.2, 0) is 11.3 Å². The fourth-order valence-corrected chi connectivity index (χ4v) is 2.80. The number of likely N-dealkylation sites (N-methyl/N-ethyl adjacent to an activating group) is 1. The predicted octanol–water partition coefficient (Wildman–Crippen LogP) is 3.63. The smallest absolute Gasteiger partial charge is 0.251 e. The average Bonchev–Trinajstić information content (AvgIpc) is 2.69. The second-order valence-corrected chi connectivity index (χ2v) is 7.00. The van der Waals surface area contributed by atoms with E-state index in [9.17, 15) is 9.59 Å². The summed E-state index contributed by atoms with van der Waals surface area (Å²) in [7, 11) is 1.71. The molecule has 0 unspecified atom stereocenters. The average molecular weight is 449 g/mol. The Morgan fingerprint density at radius 2 is 1.64 bits per heavy atom. The zero-order valence-electron chi connectivity index (χ0n) is 16.3. The van der Waals surface area contributed by atoms with E-state index in [0.29, 0.717) is 36.8 Å². The Balaban J connectivity index is 1.94. The van der Waals surface area contributed by atoms with Gasteiger partial charge in [-0.2, -0.15) is 0 Å². The molecule has 2 rings (SSSR count). The summed E-state index contributed by atoms with van der Waals surface area (Å²) in [6.07, 6.45) is 0. The molecule has 28 heavy (non-hydrogen) atoms. The van der Waals surface area contributed by atoms with Crippen LogP contribution < -0.4 is 14.8 Å². The van der Waals surface area contributed by atoms with Crippen LogP contribution in [-0.4, -0.2) is 43.5 Å². The molecule has 0 heterocycles. The Hall–Kier alpha value is -2.54. The van der Waals surface area contributed by atoms with Crippen LogP contribution in [0, 0.1) is 0 Å². The van der Waals surface area contributed by atoms with E-state index in [0.717, 1.165) is 10.0 Å². The summed E-state index contributed by atoms with van der Waals surface area (Å²) in [6.45, 7) is 5.10. The van der Waals surface area contributed by atoms with Crippen LogP contribution in [0.25, 0.3) is 0 Å². The standard InChI is InChI=1S/C21H25BrN2O4/c1-4-27-18-11-8-16(12-19(18)28-5-2)21(26)23-13-20(25)24(3)14-15-6-9-17(22)10-7-15/h6-12H,4-5,13-14H2,1-3H3,(H,23,26). The third-order valence-corrected chi connectivity index (χ3v) is 4.49. The van der Waals surface area contributed by atoms with E-state index in [1.54, 1.807) is 30.1 Å². The minimum absolute atomic E-state index is 0.0803. The summed E-state index contributed by atoms with van der Waals surface area (Å²) in [5.41, 5.74) is 1.42. The fourth-order valence-electron chi connectivity index (χ4n) is 2.54. The fraction of sp³-hybridized carbons (Fsp3) is 0.333. The summed E-state index contributed by atoms with van der Waals surface area (Å²) in [5.74, 6) is 0.587. The molecule has 0 saturated heterocycles. The van der Waals surface area contributed by atoms with Gasteiger partial charge in [-0.05, 0) is 49.7 Å². The minimum atomic E-state index is -0.339. The molecule has 0 aliphatic heterocycles. The number of hydrogen-bond acceptors (Lipinski definition) is 4. The van der Waals surface area contributed by atoms with Gasteiger partial charge in [0.1, 0.15) is 0 Å². The molecule has 0 saturated carbocycles. The van der Waals surface area contributed by atoms with Crippen molar-refractivity contribution < 1.29 is 19.1 Å². The monoisotopic (exact) mass is 448 g/mol. The van der Waals surface area contributed by atoms with Crippen molar-refractivity contribution in [1.82, 2.24) is 10.2 Å². The van der Waals surface area contributed by atoms with E-state index in [2.05, 4.69) is 21.2 Å². The van der Waals surface area contributed by atoms with Gasteiger partial charge in [-0.3, -0.25) is 9.59 Å². The van der Waals surface area contributed by atoms with Crippen molar-refractivity contribution in [3.8, 4) is 11.5 Å². The highest BCUT2D eigenvalue weighted by atomic mass is 79.9. The topological polar surface area (TPSA) is 67.9 Å². The Bertz CT molecular complexity index is 809. The highest BCUT2D eigenvalue weighted by Crippen LogP contribution is 2.28. The predicted molar refractivity (Wildman–Crippen MR) is 112 cm³/mol. The van der Waals surface area contributed by atoms with Crippen LogP contribution in [0.5, 0.6) is 11.5 Å². The van der Waals surface area contributed by atoms with Crippen molar-refractivity contribution in [2.75, 3.05) is 26.8 Å². The van der Waals surface area contributed by atoms with Gasteiger partial charge in [0.2, 0.25) is 5.91 Å². The van der Waals surface area contributed by atoms with E-state index in [-0.39, 0.29) is 18.4 Å². The number of nitrogens with one attached hydrogen (secondary N) is 1. The molecule has 0 fully saturated rings. The van der Waals surface area contributed by atoms with Crippen molar-refractivity contribution in [1.29, 1.82) is 0 Å². The van der Waals surface area contributed by atoms with Gasteiger partial charge >= 0.3 is 0 Å². The molecular weight excluding hydrogens is 424 g/mol. The maximum absolute atomic E-state index is 12.4. The number of benzene rings is 2. The summed E-state index contributed by atoms with van der Waals surface area (Å²) < 4.78 is 12.0. The summed E-state index contributed by atoms with van der Waals surface area (Å²) in [6, 6.07) is 12.7. The highest BCUT2D eigenvalue weighted by molar-refractivity contribution is 9.10. The molecule has 0 radical (unpaired) electrons. The molecule has 0 aromatic heterocycles. The molecule has 2 aromatic rings. The van der Waals surface area contributed by atoms with Gasteiger partial charge in [0.05, 0.1) is 19.8 Å². The Morgan fingerprint density at radius 1 is 1.00 bits per heavy atom. The van der Waals surface area contributed by atoms with E-state index >= 15 is 0 Å². The van der Waals surface area contributed by atoms with Gasteiger partial charge < -0.3 is 19.7 Å². The lowest BCUT2D eigenvalue weighted by atomic mass is 10.2. The maximum atomic E-state index is 12.4. The molecule has 0 aliphatic carbocycles. The number of ether oxygens (including phenoxy) is 2. The van der Waals surface area contributed by atoms with Crippen molar-refractivity contribution in [3.05, 3.63) is 58.1 Å². The first-order valence-electron chi connectivity index (χ1n) is 9.10. The summed E-state index contributed by atoms with van der Waals surface area (Å²) in [4.78, 5) is 26.3. The molecule has 0 spiro atoms. The molecule has 2 aromatic carbocycles. The van der Waals surface area contributed by atoms with Crippen molar-refractivity contribution in [2.24, 2.45) is 0 Å². The first kappa shape index (κ1) is 21.8. The molecule has 6 nitrogen and oxygen atoms in total. The lowest BCUT2D eigenvalue weighted by Gasteiger charge is -2.18. The third kappa shape index (κ3) is 6.27. The Labute approximate surface area is 174 Å². The summed E-state index contributed by atoms with van der Waals surface area (Å²) in [5, 5.41) is 2.66. The number of halogens is 1. The summed E-state index contributed by atoms with van der Waals surface area (Å²) >= 11 is 3.39. The van der Waals surface area contributed by atoms with E-state index in [4.69, 9.17) is 9.47 Å². The van der Waals surface area contributed by atoms with Gasteiger partial charge in [-0.1, -0.05) is 28.1 Å². The largest absolute Gasteiger partial charge is 0.490 e. The number of nitrogens with zero attached hydrogens (tertiary/aromatic N) is 1. The second kappa shape index (κ2) is 10.7. The lowest BCUT2D eigenvalue weighted by Crippen LogP contribution is -2.37. The minimum Gasteiger partial charge on any atom is -0.490 e. The SMILES string of the molecule is CCOc1ccc(C(=O)NCC(=O)N(C)Cc2ccc(Br)cc2)cc1OCC. The lowest BCUT2D eigenvalue weighted by molar-refractivity contribution is -0.129. The Kier molecular flexibility index (Phi) is 8.32. The third-order valence-electron chi connectivity index (χ3n) is 3.96. The molecular formula is C21H25BrN2O4. The van der Waals surface area contributed by atoms with Crippen LogP contribution in [0.15, 0.2) is 46.9 Å². The molecule has 0 atom stereocenters. The van der Waals surface area contributed by atoms with Crippen LogP contribution in [0.2, 0.25) is 0 Å². The number of amides is 2. The van der Waals surface area contributed by atoms with Gasteiger partial charge in [0.15, 0.2) is 11.5 Å². The molecule has 1 N–H and O–H groups in total. The second-order valence-electron chi connectivity index (χ2n) is 6.09. The number of hydrogen-bond donors (Lipinski definition) is 1. The van der Waals surface area contributed by atoms with Gasteiger partial charge in [0, 0.05) is 23.6 Å². The van der Waals surface area contributed by atoms with Gasteiger partial charge in [0.25, 0.3) is 5.91 Å². The Morgan fingerprint density at radius 3 is 2.29 bits per heavy atom. The molecule has 2 amide bonds. The van der Waals surface area contributed by atoms with Crippen LogP contribution in [0.4, 0.5) is 0 Å². The molecule has 0 aliphatic rings. The molecule has 0 bridgehead atoms. The van der Waals surface area contributed by atoms with Crippen molar-refractivity contribution >= 4 is 27.7 Å². The number of rotatable bonds is 9. The van der Waals surface area contributed by atoms with E-state index in [1.165, 1.54) is 0 Å². The van der Waals surface area contributed by atoms with Gasteiger partial charge in [-0.25, -0.2) is 0 Å². The van der Waals surface area contributed by atoms with Crippen LogP contribution in [0.1, 0.15) is 29.8 Å².